The van der Waals surface area contributed by atoms with Gasteiger partial charge in [0.15, 0.2) is 0 Å². The minimum absolute atomic E-state index is 0.0462. The summed E-state index contributed by atoms with van der Waals surface area (Å²) in [5, 5.41) is 4.28. The Kier molecular flexibility index (Phi) is 10.3. The number of amides is 1. The van der Waals surface area contributed by atoms with Gasteiger partial charge in [0.2, 0.25) is 5.91 Å². The number of allylic oxidation sites excluding steroid dienone is 3. The highest BCUT2D eigenvalue weighted by molar-refractivity contribution is 5.73. The first kappa shape index (κ1) is 28.2. The van der Waals surface area contributed by atoms with Crippen LogP contribution in [-0.2, 0) is 11.3 Å². The number of carbonyl (C=O) groups is 1. The molecule has 0 radical (unpaired) electrons. The van der Waals surface area contributed by atoms with E-state index in [1.54, 1.807) is 24.7 Å². The average Bonchev–Trinajstić information content (AvgIpc) is 3.30. The number of carbonyl (C=O) groups excluding carboxylic acids is 1. The molecule has 1 atom stereocenters. The predicted octanol–water partition coefficient (Wildman–Crippen LogP) is 4.25. The monoisotopic (exact) mass is 497 g/mol. The van der Waals surface area contributed by atoms with Gasteiger partial charge < -0.3 is 17.2 Å². The van der Waals surface area contributed by atoms with E-state index in [0.717, 1.165) is 12.1 Å². The Morgan fingerprint density at radius 2 is 1.69 bits per heavy atom. The third-order valence-electron chi connectivity index (χ3n) is 5.12. The average molecular weight is 498 g/mol. The van der Waals surface area contributed by atoms with E-state index in [0.29, 0.717) is 34.8 Å². The van der Waals surface area contributed by atoms with E-state index in [1.165, 1.54) is 23.2 Å². The number of nitrogens with zero attached hydrogens (tertiary/aromatic N) is 4. The summed E-state index contributed by atoms with van der Waals surface area (Å²) < 4.78 is 29.6. The first-order chi connectivity index (χ1) is 17.1. The number of hydrogen-bond donors (Lipinski definition) is 3. The molecule has 10 heteroatoms. The molecular weight excluding hydrogens is 464 g/mol. The van der Waals surface area contributed by atoms with Gasteiger partial charge in [-0.3, -0.25) is 14.5 Å². The number of nitrogens with two attached hydrogens (primary N) is 3. The molecule has 2 heterocycles. The second-order valence-corrected chi connectivity index (χ2v) is 8.15. The van der Waals surface area contributed by atoms with Gasteiger partial charge in [-0.25, -0.2) is 13.8 Å². The molecule has 1 aromatic carbocycles. The molecule has 8 nitrogen and oxygen atoms in total. The molecule has 0 fully saturated rings. The Balaban J connectivity index is 0.00000145. The zero-order valence-corrected chi connectivity index (χ0v) is 21.0. The van der Waals surface area contributed by atoms with Crippen LogP contribution in [0.4, 0.5) is 8.78 Å². The van der Waals surface area contributed by atoms with Crippen LogP contribution in [-0.4, -0.2) is 25.7 Å². The summed E-state index contributed by atoms with van der Waals surface area (Å²) in [6.07, 6.45) is 7.97. The topological polar surface area (TPSA) is 139 Å². The maximum Gasteiger partial charge on any atom is 0.239 e. The number of benzene rings is 1. The zero-order valence-electron chi connectivity index (χ0n) is 21.0. The van der Waals surface area contributed by atoms with E-state index < -0.39 is 17.5 Å². The number of hydrogen-bond acceptors (Lipinski definition) is 6. The summed E-state index contributed by atoms with van der Waals surface area (Å²) in [6.45, 7) is 7.91. The highest BCUT2D eigenvalue weighted by Gasteiger charge is 2.17. The normalized spacial score (nSPS) is 12.9. The summed E-state index contributed by atoms with van der Waals surface area (Å²) in [7, 11) is 0. The molecule has 6 N–H and O–H groups in total. The molecule has 36 heavy (non-hydrogen) atoms. The fourth-order valence-electron chi connectivity index (χ4n) is 3.32. The van der Waals surface area contributed by atoms with Crippen LogP contribution in [0.2, 0.25) is 0 Å². The third kappa shape index (κ3) is 7.21. The van der Waals surface area contributed by atoms with Gasteiger partial charge in [-0.1, -0.05) is 40.2 Å². The van der Waals surface area contributed by atoms with E-state index in [-0.39, 0.29) is 23.7 Å². The third-order valence-corrected chi connectivity index (χ3v) is 5.12. The van der Waals surface area contributed by atoms with Crippen molar-refractivity contribution in [2.45, 2.75) is 53.0 Å². The quantitative estimate of drug-likeness (QED) is 0.398. The molecule has 3 rings (SSSR count). The van der Waals surface area contributed by atoms with Crippen LogP contribution in [0.3, 0.4) is 0 Å². The molecule has 0 aliphatic carbocycles. The van der Waals surface area contributed by atoms with Gasteiger partial charge in [0, 0.05) is 29.7 Å². The van der Waals surface area contributed by atoms with Gasteiger partial charge >= 0.3 is 0 Å². The fraction of sp³-hybridized carbons (Fsp3) is 0.308. The second-order valence-electron chi connectivity index (χ2n) is 8.15. The van der Waals surface area contributed by atoms with Crippen molar-refractivity contribution in [3.63, 3.8) is 0 Å². The lowest BCUT2D eigenvalue weighted by atomic mass is 9.96. The van der Waals surface area contributed by atoms with E-state index in [9.17, 15) is 13.6 Å². The Morgan fingerprint density at radius 1 is 1.06 bits per heavy atom. The van der Waals surface area contributed by atoms with Crippen LogP contribution in [0.5, 0.6) is 0 Å². The SMILES string of the molecule is CCC.CCC(/C=C(\N)c1c(F)cccc1F)=C(/N)C(C)c1cncc(-c2ccn(CC(N)=O)n2)n1. The van der Waals surface area contributed by atoms with Crippen molar-refractivity contribution >= 4 is 11.6 Å². The minimum Gasteiger partial charge on any atom is -0.401 e. The molecule has 1 unspecified atom stereocenters. The molecule has 0 spiro atoms. The summed E-state index contributed by atoms with van der Waals surface area (Å²) in [5.41, 5.74) is 19.9. The molecule has 3 aromatic rings. The molecule has 1 amide bonds. The van der Waals surface area contributed by atoms with Crippen LogP contribution >= 0.6 is 0 Å². The Bertz CT molecular complexity index is 1230. The second kappa shape index (κ2) is 13.1. The fourth-order valence-corrected chi connectivity index (χ4v) is 3.32. The van der Waals surface area contributed by atoms with Gasteiger partial charge in [-0.15, -0.1) is 0 Å². The van der Waals surface area contributed by atoms with Crippen LogP contribution in [0.15, 0.2) is 60.2 Å². The minimum atomic E-state index is -0.750. The van der Waals surface area contributed by atoms with Crippen molar-refractivity contribution in [3.05, 3.63) is 83.1 Å². The van der Waals surface area contributed by atoms with E-state index in [1.807, 2.05) is 13.8 Å². The maximum atomic E-state index is 14.1. The standard InChI is InChI=1S/C23H25F2N7O.C3H8/c1-3-14(9-17(26)22-15(24)5-4-6-16(22)25)23(28)13(2)19-10-29-11-20(30-19)18-7-8-32(31-18)12-21(27)33;1-3-2/h4-11,13H,3,12,26,28H2,1-2H3,(H2,27,33);3H2,1-2H3/b17-9-,23-14-;. The predicted molar refractivity (Wildman–Crippen MR) is 137 cm³/mol. The number of halogens is 2. The summed E-state index contributed by atoms with van der Waals surface area (Å²) in [6, 6.07) is 5.26. The smallest absolute Gasteiger partial charge is 0.239 e. The van der Waals surface area contributed by atoms with Crippen molar-refractivity contribution in [1.82, 2.24) is 19.7 Å². The van der Waals surface area contributed by atoms with Gasteiger partial charge in [0.05, 0.1) is 17.5 Å². The van der Waals surface area contributed by atoms with Crippen LogP contribution in [0.1, 0.15) is 57.7 Å². The van der Waals surface area contributed by atoms with E-state index >= 15 is 0 Å². The molecule has 192 valence electrons. The molecule has 0 bridgehead atoms. The molecule has 0 saturated heterocycles. The molecule has 2 aromatic heterocycles. The maximum absolute atomic E-state index is 14.1. The first-order valence-electron chi connectivity index (χ1n) is 11.7. The van der Waals surface area contributed by atoms with E-state index in [2.05, 4.69) is 28.9 Å². The van der Waals surface area contributed by atoms with Gasteiger partial charge in [0.25, 0.3) is 0 Å². The summed E-state index contributed by atoms with van der Waals surface area (Å²) in [5.74, 6) is -2.37. The van der Waals surface area contributed by atoms with Gasteiger partial charge in [-0.2, -0.15) is 5.10 Å². The van der Waals surface area contributed by atoms with Crippen molar-refractivity contribution in [2.24, 2.45) is 17.2 Å². The van der Waals surface area contributed by atoms with Gasteiger partial charge in [-0.05, 0) is 36.3 Å². The van der Waals surface area contributed by atoms with Gasteiger partial charge in [0.1, 0.15) is 29.6 Å². The Hall–Kier alpha value is -4.08. The molecule has 0 aliphatic heterocycles. The highest BCUT2D eigenvalue weighted by Crippen LogP contribution is 2.27. The number of aromatic nitrogens is 4. The largest absolute Gasteiger partial charge is 0.401 e. The summed E-state index contributed by atoms with van der Waals surface area (Å²) in [4.78, 5) is 19.9. The lowest BCUT2D eigenvalue weighted by molar-refractivity contribution is -0.118. The van der Waals surface area contributed by atoms with Crippen molar-refractivity contribution in [1.29, 1.82) is 0 Å². The highest BCUT2D eigenvalue weighted by atomic mass is 19.1. The van der Waals surface area contributed by atoms with Crippen LogP contribution in [0, 0.1) is 11.6 Å². The lowest BCUT2D eigenvalue weighted by Crippen LogP contribution is -2.18. The molecule has 0 aliphatic rings. The Labute approximate surface area is 209 Å². The van der Waals surface area contributed by atoms with Crippen molar-refractivity contribution < 1.29 is 13.6 Å². The van der Waals surface area contributed by atoms with Crippen molar-refractivity contribution in [3.8, 4) is 11.4 Å². The summed E-state index contributed by atoms with van der Waals surface area (Å²) >= 11 is 0. The Morgan fingerprint density at radius 3 is 2.28 bits per heavy atom. The molecular formula is C26H33F2N7O. The first-order valence-corrected chi connectivity index (χ1v) is 11.7. The number of rotatable bonds is 8. The van der Waals surface area contributed by atoms with Crippen LogP contribution < -0.4 is 17.2 Å². The number of primary amides is 1. The molecule has 0 saturated carbocycles. The van der Waals surface area contributed by atoms with Crippen molar-refractivity contribution in [2.75, 3.05) is 0 Å². The lowest BCUT2D eigenvalue weighted by Gasteiger charge is -2.16. The zero-order chi connectivity index (χ0) is 26.8. The van der Waals surface area contributed by atoms with E-state index in [4.69, 9.17) is 17.2 Å². The van der Waals surface area contributed by atoms with Crippen LogP contribution in [0.25, 0.3) is 17.1 Å².